The summed E-state index contributed by atoms with van der Waals surface area (Å²) in [5.41, 5.74) is 19.1. The second kappa shape index (κ2) is 16.1. The molecule has 0 bridgehead atoms. The number of nitrogens with zero attached hydrogens (tertiary/aromatic N) is 4. The van der Waals surface area contributed by atoms with E-state index in [1.165, 1.54) is 49.1 Å². The summed E-state index contributed by atoms with van der Waals surface area (Å²) in [4.78, 5) is 15.9. The van der Waals surface area contributed by atoms with Crippen LogP contribution >= 0.6 is 0 Å². The van der Waals surface area contributed by atoms with Gasteiger partial charge in [0.1, 0.15) is 38.9 Å². The van der Waals surface area contributed by atoms with Crippen molar-refractivity contribution in [2.24, 2.45) is 5.92 Å². The Hall–Kier alpha value is -6.16. The molecule has 6 aromatic rings. The highest BCUT2D eigenvalue weighted by Gasteiger charge is 2.31. The van der Waals surface area contributed by atoms with Crippen molar-refractivity contribution in [2.75, 3.05) is 35.3 Å². The fraction of sp³-hybridized carbons (Fsp3) is 0.179. The van der Waals surface area contributed by atoms with Crippen molar-refractivity contribution in [2.45, 2.75) is 19.0 Å². The lowest BCUT2D eigenvalue weighted by atomic mass is 9.99. The van der Waals surface area contributed by atoms with E-state index in [1.54, 1.807) is 12.1 Å². The van der Waals surface area contributed by atoms with E-state index in [9.17, 15) is 30.4 Å². The summed E-state index contributed by atoms with van der Waals surface area (Å²) in [6.07, 6.45) is 2.19. The molecular formula is C39H34F5N7O3S. The van der Waals surface area contributed by atoms with Crippen LogP contribution < -0.4 is 21.9 Å². The largest absolute Gasteiger partial charge is 0.493 e. The Morgan fingerprint density at radius 2 is 1.18 bits per heavy atom. The number of anilines is 3. The zero-order valence-corrected chi connectivity index (χ0v) is 29.8. The molecule has 1 saturated heterocycles. The number of rotatable bonds is 7. The summed E-state index contributed by atoms with van der Waals surface area (Å²) in [6, 6.07) is 19.5. The summed E-state index contributed by atoms with van der Waals surface area (Å²) in [6.45, 7) is 0.439. The lowest BCUT2D eigenvalue weighted by Gasteiger charge is -2.22. The lowest BCUT2D eigenvalue weighted by Crippen LogP contribution is -2.26. The van der Waals surface area contributed by atoms with Crippen molar-refractivity contribution in [3.05, 3.63) is 121 Å². The minimum absolute atomic E-state index is 0.0887. The Balaban J connectivity index is 0.000000190. The number of sulfone groups is 1. The molecule has 55 heavy (non-hydrogen) atoms. The van der Waals surface area contributed by atoms with E-state index in [0.717, 1.165) is 17.7 Å². The average Bonchev–Trinajstić information content (AvgIpc) is 3.15. The van der Waals surface area contributed by atoms with Gasteiger partial charge < -0.3 is 21.9 Å². The van der Waals surface area contributed by atoms with Crippen LogP contribution in [0.15, 0.2) is 104 Å². The topological polar surface area (TPSA) is 173 Å². The van der Waals surface area contributed by atoms with Gasteiger partial charge in [0, 0.05) is 27.9 Å². The molecule has 0 amide bonds. The van der Waals surface area contributed by atoms with Gasteiger partial charge in [0.15, 0.2) is 0 Å². The van der Waals surface area contributed by atoms with Gasteiger partial charge in [-0.1, -0.05) is 36.4 Å². The highest BCUT2D eigenvalue weighted by molar-refractivity contribution is 7.91. The first-order valence-electron chi connectivity index (χ1n) is 16.8. The minimum atomic E-state index is -4.49. The fourth-order valence-corrected chi connectivity index (χ4v) is 7.47. The van der Waals surface area contributed by atoms with E-state index in [-0.39, 0.29) is 40.3 Å². The van der Waals surface area contributed by atoms with Crippen LogP contribution in [-0.4, -0.2) is 46.5 Å². The number of alkyl halides is 3. The normalized spacial score (nSPS) is 14.1. The Kier molecular flexibility index (Phi) is 11.3. The summed E-state index contributed by atoms with van der Waals surface area (Å²) in [5, 5.41) is 0. The van der Waals surface area contributed by atoms with Crippen LogP contribution in [0, 0.1) is 17.6 Å². The molecule has 1 aliphatic rings. The van der Waals surface area contributed by atoms with Crippen LogP contribution in [-0.2, 0) is 16.0 Å². The first-order chi connectivity index (χ1) is 26.2. The van der Waals surface area contributed by atoms with Crippen LogP contribution in [0.2, 0.25) is 0 Å². The van der Waals surface area contributed by atoms with Gasteiger partial charge in [0.05, 0.1) is 59.9 Å². The standard InChI is InChI=1S/C22H22FN3O3S.C17H12F4N4/c23-19-11-16(5-6-18(19)20-12-26-22(24)13-25-20)17-3-1-2-4-21(17)29-14-15-7-9-30(27,28)10-8-15;18-13-5-9(1-3-12(13)15-7-25-16(23)8-24-15)11-4-2-10(6-14(11)22)17(19,20)21/h1-6,11-13,15H,7-10,14H2,(H2,24,26);1-8H,22H2,(H2,23,25). The van der Waals surface area contributed by atoms with Gasteiger partial charge in [-0.15, -0.1) is 0 Å². The number of nitrogens with two attached hydrogens (primary N) is 3. The zero-order valence-electron chi connectivity index (χ0n) is 29.0. The number of aromatic nitrogens is 4. The van der Waals surface area contributed by atoms with Crippen molar-refractivity contribution in [3.63, 3.8) is 0 Å². The number of nitrogen functional groups attached to an aromatic ring is 3. The monoisotopic (exact) mass is 775 g/mol. The smallest absolute Gasteiger partial charge is 0.416 e. The maximum atomic E-state index is 14.8. The summed E-state index contributed by atoms with van der Waals surface area (Å²) in [5.74, 6) is 0.729. The number of hydrogen-bond donors (Lipinski definition) is 3. The van der Waals surface area contributed by atoms with Crippen LogP contribution in [0.4, 0.5) is 39.3 Å². The van der Waals surface area contributed by atoms with Crippen LogP contribution in [0.5, 0.6) is 5.75 Å². The minimum Gasteiger partial charge on any atom is -0.493 e. The van der Waals surface area contributed by atoms with Crippen molar-refractivity contribution < 1.29 is 35.1 Å². The molecule has 7 rings (SSSR count). The molecule has 0 spiro atoms. The van der Waals surface area contributed by atoms with E-state index < -0.39 is 33.2 Å². The van der Waals surface area contributed by atoms with Gasteiger partial charge in [0.25, 0.3) is 0 Å². The molecule has 284 valence electrons. The Morgan fingerprint density at radius 3 is 1.67 bits per heavy atom. The van der Waals surface area contributed by atoms with Crippen molar-refractivity contribution in [1.29, 1.82) is 0 Å². The van der Waals surface area contributed by atoms with Crippen LogP contribution in [0.3, 0.4) is 0 Å². The first-order valence-corrected chi connectivity index (χ1v) is 18.6. The van der Waals surface area contributed by atoms with Crippen LogP contribution in [0.25, 0.3) is 44.8 Å². The van der Waals surface area contributed by atoms with Crippen molar-refractivity contribution >= 4 is 27.2 Å². The van der Waals surface area contributed by atoms with Gasteiger partial charge in [-0.25, -0.2) is 27.2 Å². The Morgan fingerprint density at radius 1 is 0.655 bits per heavy atom. The Bertz CT molecular complexity index is 2400. The molecule has 10 nitrogen and oxygen atoms in total. The van der Waals surface area contributed by atoms with Gasteiger partial charge in [-0.3, -0.25) is 9.97 Å². The predicted molar refractivity (Wildman–Crippen MR) is 201 cm³/mol. The van der Waals surface area contributed by atoms with Gasteiger partial charge in [-0.05, 0) is 72.4 Å². The predicted octanol–water partition coefficient (Wildman–Crippen LogP) is 7.87. The fourth-order valence-electron chi connectivity index (χ4n) is 5.88. The third kappa shape index (κ3) is 9.51. The van der Waals surface area contributed by atoms with E-state index >= 15 is 0 Å². The van der Waals surface area contributed by atoms with Gasteiger partial charge in [-0.2, -0.15) is 13.2 Å². The number of ether oxygens (including phenoxy) is 1. The number of hydrogen-bond acceptors (Lipinski definition) is 10. The van der Waals surface area contributed by atoms with E-state index in [1.807, 2.05) is 30.3 Å². The van der Waals surface area contributed by atoms with Crippen LogP contribution in [0.1, 0.15) is 18.4 Å². The van der Waals surface area contributed by atoms with Gasteiger partial charge >= 0.3 is 6.18 Å². The quantitative estimate of drug-likeness (QED) is 0.107. The van der Waals surface area contributed by atoms with Crippen molar-refractivity contribution in [1.82, 2.24) is 19.9 Å². The Labute approximate surface area is 313 Å². The zero-order chi connectivity index (χ0) is 39.3. The molecule has 0 atom stereocenters. The molecule has 4 aromatic carbocycles. The third-order valence-electron chi connectivity index (χ3n) is 8.87. The maximum Gasteiger partial charge on any atom is 0.416 e. The summed E-state index contributed by atoms with van der Waals surface area (Å²) in [7, 11) is -2.90. The molecule has 6 N–H and O–H groups in total. The lowest BCUT2D eigenvalue weighted by molar-refractivity contribution is -0.137. The average molecular weight is 776 g/mol. The molecule has 16 heteroatoms. The molecule has 1 aliphatic heterocycles. The van der Waals surface area contributed by atoms with E-state index in [2.05, 4.69) is 19.9 Å². The molecule has 0 saturated carbocycles. The molecule has 1 fully saturated rings. The highest BCUT2D eigenvalue weighted by Crippen LogP contribution is 2.36. The summed E-state index contributed by atoms with van der Waals surface area (Å²) >= 11 is 0. The second-order valence-electron chi connectivity index (χ2n) is 12.7. The van der Waals surface area contributed by atoms with Crippen molar-refractivity contribution in [3.8, 4) is 50.5 Å². The molecule has 0 aliphatic carbocycles. The third-order valence-corrected chi connectivity index (χ3v) is 10.6. The highest BCUT2D eigenvalue weighted by atomic mass is 32.2. The summed E-state index contributed by atoms with van der Waals surface area (Å²) < 4.78 is 96.5. The number of benzene rings is 4. The van der Waals surface area contributed by atoms with E-state index in [0.29, 0.717) is 58.8 Å². The maximum absolute atomic E-state index is 14.8. The van der Waals surface area contributed by atoms with E-state index in [4.69, 9.17) is 21.9 Å². The molecular weight excluding hydrogens is 742 g/mol. The SMILES string of the molecule is Nc1cnc(-c2ccc(-c3ccc(C(F)(F)F)cc3N)cc2F)cn1.Nc1cnc(-c2ccc(-c3ccccc3OCC3CCS(=O)(=O)CC3)cc2F)cn1. The molecule has 3 heterocycles. The molecule has 0 unspecified atom stereocenters. The second-order valence-corrected chi connectivity index (χ2v) is 15.0. The molecule has 2 aromatic heterocycles. The number of para-hydroxylation sites is 1. The van der Waals surface area contributed by atoms with Gasteiger partial charge in [0.2, 0.25) is 0 Å². The molecule has 0 radical (unpaired) electrons. The number of halogens is 5. The first kappa shape index (κ1) is 38.6.